The van der Waals surface area contributed by atoms with E-state index in [1.54, 1.807) is 30.5 Å². The first-order valence-corrected chi connectivity index (χ1v) is 8.69. The lowest BCUT2D eigenvalue weighted by molar-refractivity contribution is 0.102. The fourth-order valence-corrected chi connectivity index (χ4v) is 2.68. The van der Waals surface area contributed by atoms with Gasteiger partial charge in [0.1, 0.15) is 5.69 Å². The molecule has 0 unspecified atom stereocenters. The molecule has 1 heterocycles. The van der Waals surface area contributed by atoms with Crippen LogP contribution in [0.25, 0.3) is 0 Å². The van der Waals surface area contributed by atoms with E-state index in [0.29, 0.717) is 16.7 Å². The summed E-state index contributed by atoms with van der Waals surface area (Å²) in [5.41, 5.74) is 3.98. The smallest absolute Gasteiger partial charge is 0.274 e. The molecule has 0 aliphatic rings. The Balaban J connectivity index is 1.74. The van der Waals surface area contributed by atoms with Crippen LogP contribution >= 0.6 is 11.6 Å². The highest BCUT2D eigenvalue weighted by Crippen LogP contribution is 2.20. The Morgan fingerprint density at radius 2 is 1.88 bits per heavy atom. The van der Waals surface area contributed by atoms with Gasteiger partial charge in [-0.25, -0.2) is 9.97 Å². The standard InChI is InChI=1S/C20H19ClN4O/c1-3-14-4-7-16(8-5-14)23-20-22-11-10-18(25-20)19(26)24-17-9-6-15(21)12-13(17)2/h4-12H,3H2,1-2H3,(H,24,26)(H,22,23,25). The Morgan fingerprint density at radius 1 is 1.12 bits per heavy atom. The predicted octanol–water partition coefficient (Wildman–Crippen LogP) is 5.00. The van der Waals surface area contributed by atoms with Crippen LogP contribution in [0, 0.1) is 6.92 Å². The summed E-state index contributed by atoms with van der Waals surface area (Å²) in [7, 11) is 0. The molecule has 0 aliphatic heterocycles. The second kappa shape index (κ2) is 7.97. The summed E-state index contributed by atoms with van der Waals surface area (Å²) in [6.45, 7) is 3.99. The minimum absolute atomic E-state index is 0.280. The average Bonchev–Trinajstić information content (AvgIpc) is 2.65. The van der Waals surface area contributed by atoms with E-state index in [-0.39, 0.29) is 11.6 Å². The highest BCUT2D eigenvalue weighted by molar-refractivity contribution is 6.30. The Hall–Kier alpha value is -2.92. The first-order valence-electron chi connectivity index (χ1n) is 8.31. The molecule has 0 fully saturated rings. The summed E-state index contributed by atoms with van der Waals surface area (Å²) in [5, 5.41) is 6.59. The average molecular weight is 367 g/mol. The Morgan fingerprint density at radius 3 is 2.58 bits per heavy atom. The molecule has 0 saturated heterocycles. The van der Waals surface area contributed by atoms with Crippen molar-refractivity contribution in [2.45, 2.75) is 20.3 Å². The quantitative estimate of drug-likeness (QED) is 0.667. The molecular formula is C20H19ClN4O. The van der Waals surface area contributed by atoms with Crippen LogP contribution in [0.1, 0.15) is 28.5 Å². The number of hydrogen-bond donors (Lipinski definition) is 2. The third-order valence-electron chi connectivity index (χ3n) is 3.94. The molecule has 3 rings (SSSR count). The molecule has 6 heteroatoms. The van der Waals surface area contributed by atoms with Gasteiger partial charge >= 0.3 is 0 Å². The Kier molecular flexibility index (Phi) is 5.49. The van der Waals surface area contributed by atoms with Gasteiger partial charge < -0.3 is 10.6 Å². The fraction of sp³-hybridized carbons (Fsp3) is 0.150. The van der Waals surface area contributed by atoms with Crippen LogP contribution in [0.3, 0.4) is 0 Å². The normalized spacial score (nSPS) is 10.4. The number of rotatable bonds is 5. The van der Waals surface area contributed by atoms with Crippen molar-refractivity contribution in [3.63, 3.8) is 0 Å². The number of nitrogens with zero attached hydrogens (tertiary/aromatic N) is 2. The zero-order valence-corrected chi connectivity index (χ0v) is 15.3. The second-order valence-electron chi connectivity index (χ2n) is 5.85. The molecule has 0 radical (unpaired) electrons. The number of amides is 1. The van der Waals surface area contributed by atoms with Crippen LogP contribution < -0.4 is 10.6 Å². The van der Waals surface area contributed by atoms with E-state index >= 15 is 0 Å². The van der Waals surface area contributed by atoms with Gasteiger partial charge in [0.15, 0.2) is 0 Å². The SMILES string of the molecule is CCc1ccc(Nc2nccc(C(=O)Nc3ccc(Cl)cc3C)n2)cc1. The summed E-state index contributed by atoms with van der Waals surface area (Å²) in [6.07, 6.45) is 2.54. The van der Waals surface area contributed by atoms with Crippen molar-refractivity contribution in [2.75, 3.05) is 10.6 Å². The molecule has 0 saturated carbocycles. The maximum absolute atomic E-state index is 12.5. The van der Waals surface area contributed by atoms with Gasteiger partial charge in [0.05, 0.1) is 0 Å². The van der Waals surface area contributed by atoms with Crippen LogP contribution in [0.2, 0.25) is 5.02 Å². The van der Waals surface area contributed by atoms with Gasteiger partial charge in [-0.1, -0.05) is 30.7 Å². The molecule has 132 valence electrons. The molecule has 0 spiro atoms. The topological polar surface area (TPSA) is 66.9 Å². The summed E-state index contributed by atoms with van der Waals surface area (Å²) < 4.78 is 0. The number of anilines is 3. The minimum Gasteiger partial charge on any atom is -0.324 e. The lowest BCUT2D eigenvalue weighted by Crippen LogP contribution is -2.15. The van der Waals surface area contributed by atoms with E-state index in [2.05, 4.69) is 27.5 Å². The summed E-state index contributed by atoms with van der Waals surface area (Å²) in [5.74, 6) is 0.0666. The lowest BCUT2D eigenvalue weighted by atomic mass is 10.1. The van der Waals surface area contributed by atoms with Crippen LogP contribution in [0.4, 0.5) is 17.3 Å². The van der Waals surface area contributed by atoms with E-state index in [0.717, 1.165) is 17.7 Å². The number of aryl methyl sites for hydroxylation is 2. The third kappa shape index (κ3) is 4.37. The van der Waals surface area contributed by atoms with Crippen LogP contribution in [-0.2, 0) is 6.42 Å². The first kappa shape index (κ1) is 17.9. The van der Waals surface area contributed by atoms with E-state index in [1.807, 2.05) is 31.2 Å². The van der Waals surface area contributed by atoms with Crippen molar-refractivity contribution in [1.82, 2.24) is 9.97 Å². The van der Waals surface area contributed by atoms with Gasteiger partial charge in [0.25, 0.3) is 5.91 Å². The molecule has 3 aromatic rings. The number of halogens is 1. The van der Waals surface area contributed by atoms with E-state index in [4.69, 9.17) is 11.6 Å². The highest BCUT2D eigenvalue weighted by Gasteiger charge is 2.11. The number of carbonyl (C=O) groups excluding carboxylic acids is 1. The van der Waals surface area contributed by atoms with Gasteiger partial charge in [0.2, 0.25) is 5.95 Å². The second-order valence-corrected chi connectivity index (χ2v) is 6.29. The van der Waals surface area contributed by atoms with Crippen LogP contribution in [-0.4, -0.2) is 15.9 Å². The van der Waals surface area contributed by atoms with E-state index < -0.39 is 0 Å². The van der Waals surface area contributed by atoms with Crippen molar-refractivity contribution in [3.8, 4) is 0 Å². The maximum atomic E-state index is 12.5. The van der Waals surface area contributed by atoms with Crippen LogP contribution in [0.5, 0.6) is 0 Å². The first-order chi connectivity index (χ1) is 12.5. The Bertz CT molecular complexity index is 925. The monoisotopic (exact) mass is 366 g/mol. The van der Waals surface area contributed by atoms with Gasteiger partial charge in [-0.3, -0.25) is 4.79 Å². The maximum Gasteiger partial charge on any atom is 0.274 e. The molecule has 26 heavy (non-hydrogen) atoms. The number of aromatic nitrogens is 2. The van der Waals surface area contributed by atoms with E-state index in [1.165, 1.54) is 5.56 Å². The molecule has 2 aromatic carbocycles. The third-order valence-corrected chi connectivity index (χ3v) is 4.18. The van der Waals surface area contributed by atoms with Gasteiger partial charge in [-0.2, -0.15) is 0 Å². The highest BCUT2D eigenvalue weighted by atomic mass is 35.5. The van der Waals surface area contributed by atoms with Gasteiger partial charge in [0, 0.05) is 22.6 Å². The largest absolute Gasteiger partial charge is 0.324 e. The van der Waals surface area contributed by atoms with Crippen molar-refractivity contribution < 1.29 is 4.79 Å². The van der Waals surface area contributed by atoms with Crippen molar-refractivity contribution in [2.24, 2.45) is 0 Å². The number of benzene rings is 2. The molecule has 2 N–H and O–H groups in total. The molecule has 0 atom stereocenters. The summed E-state index contributed by atoms with van der Waals surface area (Å²) in [6, 6.07) is 14.9. The zero-order chi connectivity index (χ0) is 18.5. The summed E-state index contributed by atoms with van der Waals surface area (Å²) in [4.78, 5) is 20.9. The zero-order valence-electron chi connectivity index (χ0n) is 14.6. The van der Waals surface area contributed by atoms with Crippen molar-refractivity contribution >= 4 is 34.8 Å². The van der Waals surface area contributed by atoms with E-state index in [9.17, 15) is 4.79 Å². The fourth-order valence-electron chi connectivity index (χ4n) is 2.45. The minimum atomic E-state index is -0.304. The number of nitrogens with one attached hydrogen (secondary N) is 2. The predicted molar refractivity (Wildman–Crippen MR) is 105 cm³/mol. The molecule has 1 amide bonds. The molecular weight excluding hydrogens is 348 g/mol. The lowest BCUT2D eigenvalue weighted by Gasteiger charge is -2.10. The molecule has 0 bridgehead atoms. The molecule has 0 aliphatic carbocycles. The molecule has 1 aromatic heterocycles. The number of carbonyl (C=O) groups is 1. The van der Waals surface area contributed by atoms with Gasteiger partial charge in [-0.15, -0.1) is 0 Å². The molecule has 5 nitrogen and oxygen atoms in total. The van der Waals surface area contributed by atoms with Gasteiger partial charge in [-0.05, 0) is 60.9 Å². The Labute approximate surface area is 157 Å². The number of hydrogen-bond acceptors (Lipinski definition) is 4. The summed E-state index contributed by atoms with van der Waals surface area (Å²) >= 11 is 5.95. The van der Waals surface area contributed by atoms with Crippen LogP contribution in [0.15, 0.2) is 54.7 Å². The van der Waals surface area contributed by atoms with Crippen molar-refractivity contribution in [1.29, 1.82) is 0 Å². The van der Waals surface area contributed by atoms with Crippen molar-refractivity contribution in [3.05, 3.63) is 76.6 Å².